The standard InChI is InChI=1S/C25H28N2O6/c1-14(32-2)21(24(29)30)26-23(28)22(15-11-12-15)27-25(31)33-13-20-18-9-5-3-7-16(18)17-8-4-6-10-19(17)20/h3-10,14-15,20-22H,11-13H2,1-2H3,(H,26,28)(H,27,31)(H,29,30). The summed E-state index contributed by atoms with van der Waals surface area (Å²) < 4.78 is 10.6. The van der Waals surface area contributed by atoms with Gasteiger partial charge < -0.3 is 25.2 Å². The number of ether oxygens (including phenoxy) is 2. The van der Waals surface area contributed by atoms with Crippen LogP contribution in [-0.4, -0.2) is 55.0 Å². The third-order valence-electron chi connectivity index (χ3n) is 6.40. The summed E-state index contributed by atoms with van der Waals surface area (Å²) in [5.41, 5.74) is 4.45. The van der Waals surface area contributed by atoms with Crippen LogP contribution in [0.1, 0.15) is 36.8 Å². The Morgan fingerprint density at radius 1 is 1.00 bits per heavy atom. The van der Waals surface area contributed by atoms with Crippen molar-refractivity contribution in [2.24, 2.45) is 5.92 Å². The van der Waals surface area contributed by atoms with Crippen LogP contribution < -0.4 is 10.6 Å². The van der Waals surface area contributed by atoms with E-state index in [0.717, 1.165) is 35.1 Å². The molecule has 0 radical (unpaired) electrons. The minimum Gasteiger partial charge on any atom is -0.480 e. The molecule has 174 valence electrons. The summed E-state index contributed by atoms with van der Waals surface area (Å²) in [6.45, 7) is 1.70. The lowest BCUT2D eigenvalue weighted by atomic mass is 9.98. The van der Waals surface area contributed by atoms with Gasteiger partial charge in [-0.05, 0) is 47.9 Å². The van der Waals surface area contributed by atoms with Gasteiger partial charge in [-0.25, -0.2) is 9.59 Å². The highest BCUT2D eigenvalue weighted by Crippen LogP contribution is 2.44. The minimum absolute atomic E-state index is 0.0437. The highest BCUT2D eigenvalue weighted by atomic mass is 16.5. The van der Waals surface area contributed by atoms with Crippen molar-refractivity contribution in [1.29, 1.82) is 0 Å². The van der Waals surface area contributed by atoms with Crippen LogP contribution >= 0.6 is 0 Å². The lowest BCUT2D eigenvalue weighted by Gasteiger charge is -2.24. The molecule has 0 saturated heterocycles. The lowest BCUT2D eigenvalue weighted by Crippen LogP contribution is -2.55. The van der Waals surface area contributed by atoms with E-state index >= 15 is 0 Å². The van der Waals surface area contributed by atoms with E-state index in [0.29, 0.717) is 0 Å². The predicted octanol–water partition coefficient (Wildman–Crippen LogP) is 2.91. The summed E-state index contributed by atoms with van der Waals surface area (Å²) in [6, 6.07) is 14.0. The van der Waals surface area contributed by atoms with E-state index in [4.69, 9.17) is 9.47 Å². The van der Waals surface area contributed by atoms with Crippen LogP contribution in [-0.2, 0) is 19.1 Å². The number of carboxylic acids is 1. The fraction of sp³-hybridized carbons (Fsp3) is 0.400. The average Bonchev–Trinajstić information content (AvgIpc) is 3.61. The van der Waals surface area contributed by atoms with Gasteiger partial charge in [-0.2, -0.15) is 0 Å². The fourth-order valence-electron chi connectivity index (χ4n) is 4.35. The molecule has 2 amide bonds. The number of alkyl carbamates (subject to hydrolysis) is 1. The summed E-state index contributed by atoms with van der Waals surface area (Å²) in [6.07, 6.45) is 0.134. The van der Waals surface area contributed by atoms with Gasteiger partial charge in [0.1, 0.15) is 12.6 Å². The fourth-order valence-corrected chi connectivity index (χ4v) is 4.35. The molecule has 8 heteroatoms. The van der Waals surface area contributed by atoms with Crippen molar-refractivity contribution in [1.82, 2.24) is 10.6 Å². The lowest BCUT2D eigenvalue weighted by molar-refractivity contribution is -0.145. The minimum atomic E-state index is -1.21. The van der Waals surface area contributed by atoms with Crippen LogP contribution in [0.4, 0.5) is 4.79 Å². The summed E-state index contributed by atoms with van der Waals surface area (Å²) in [4.78, 5) is 36.9. The second-order valence-corrected chi connectivity index (χ2v) is 8.55. The molecule has 8 nitrogen and oxygen atoms in total. The van der Waals surface area contributed by atoms with Crippen molar-refractivity contribution in [3.63, 3.8) is 0 Å². The first-order valence-electron chi connectivity index (χ1n) is 11.1. The van der Waals surface area contributed by atoms with Crippen LogP contribution in [0.25, 0.3) is 11.1 Å². The Kier molecular flexibility index (Phi) is 6.65. The second-order valence-electron chi connectivity index (χ2n) is 8.55. The Morgan fingerprint density at radius 3 is 2.09 bits per heavy atom. The van der Waals surface area contributed by atoms with Crippen LogP contribution in [0.5, 0.6) is 0 Å². The smallest absolute Gasteiger partial charge is 0.407 e. The molecule has 2 aliphatic carbocycles. The first-order valence-corrected chi connectivity index (χ1v) is 11.1. The van der Waals surface area contributed by atoms with Gasteiger partial charge in [0.05, 0.1) is 6.10 Å². The van der Waals surface area contributed by atoms with Crippen molar-refractivity contribution >= 4 is 18.0 Å². The van der Waals surface area contributed by atoms with Crippen molar-refractivity contribution in [3.05, 3.63) is 59.7 Å². The van der Waals surface area contributed by atoms with E-state index in [1.807, 2.05) is 36.4 Å². The molecule has 3 N–H and O–H groups in total. The topological polar surface area (TPSA) is 114 Å². The first kappa shape index (κ1) is 22.8. The Balaban J connectivity index is 1.40. The number of hydrogen-bond acceptors (Lipinski definition) is 5. The molecule has 3 unspecified atom stereocenters. The number of fused-ring (bicyclic) bond motifs is 3. The zero-order chi connectivity index (χ0) is 23.5. The second kappa shape index (κ2) is 9.62. The number of carbonyl (C=O) groups excluding carboxylic acids is 2. The molecular weight excluding hydrogens is 424 g/mol. The molecule has 0 aromatic heterocycles. The monoisotopic (exact) mass is 452 g/mol. The molecule has 2 aromatic rings. The molecule has 4 rings (SSSR count). The first-order chi connectivity index (χ1) is 15.9. The molecule has 1 fully saturated rings. The van der Waals surface area contributed by atoms with E-state index in [1.165, 1.54) is 7.11 Å². The molecule has 0 heterocycles. The van der Waals surface area contributed by atoms with E-state index < -0.39 is 36.2 Å². The number of amides is 2. The van der Waals surface area contributed by atoms with Gasteiger partial charge in [-0.15, -0.1) is 0 Å². The van der Waals surface area contributed by atoms with Gasteiger partial charge in [0, 0.05) is 13.0 Å². The number of methoxy groups -OCH3 is 1. The van der Waals surface area contributed by atoms with Crippen molar-refractivity contribution in [2.75, 3.05) is 13.7 Å². The third kappa shape index (κ3) is 4.85. The molecule has 33 heavy (non-hydrogen) atoms. The maximum atomic E-state index is 12.8. The molecule has 0 bridgehead atoms. The van der Waals surface area contributed by atoms with Crippen LogP contribution in [0.15, 0.2) is 48.5 Å². The number of carboxylic acid groups (broad SMARTS) is 1. The van der Waals surface area contributed by atoms with Crippen molar-refractivity contribution in [3.8, 4) is 11.1 Å². The summed E-state index contributed by atoms with van der Waals surface area (Å²) >= 11 is 0. The van der Waals surface area contributed by atoms with Crippen molar-refractivity contribution in [2.45, 2.75) is 43.9 Å². The Hall–Kier alpha value is -3.39. The zero-order valence-electron chi connectivity index (χ0n) is 18.6. The quantitative estimate of drug-likeness (QED) is 0.539. The predicted molar refractivity (Wildman–Crippen MR) is 121 cm³/mol. The molecule has 0 spiro atoms. The van der Waals surface area contributed by atoms with Crippen molar-refractivity contribution < 1.29 is 29.0 Å². The molecule has 1 saturated carbocycles. The normalized spacial score (nSPS) is 17.3. The van der Waals surface area contributed by atoms with E-state index in [9.17, 15) is 19.5 Å². The molecule has 0 aliphatic heterocycles. The summed E-state index contributed by atoms with van der Waals surface area (Å²) in [5, 5.41) is 14.5. The number of nitrogens with one attached hydrogen (secondary N) is 2. The number of benzene rings is 2. The largest absolute Gasteiger partial charge is 0.480 e. The van der Waals surface area contributed by atoms with E-state index in [-0.39, 0.29) is 18.4 Å². The van der Waals surface area contributed by atoms with Gasteiger partial charge >= 0.3 is 12.1 Å². The Labute approximate surface area is 192 Å². The maximum Gasteiger partial charge on any atom is 0.407 e. The van der Waals surface area contributed by atoms with Gasteiger partial charge in [0.15, 0.2) is 6.04 Å². The average molecular weight is 453 g/mol. The molecule has 2 aromatic carbocycles. The van der Waals surface area contributed by atoms with Gasteiger partial charge in [0.2, 0.25) is 5.91 Å². The number of rotatable bonds is 9. The molecule has 3 atom stereocenters. The summed E-state index contributed by atoms with van der Waals surface area (Å²) in [5.74, 6) is -1.89. The van der Waals surface area contributed by atoms with Gasteiger partial charge in [-0.3, -0.25) is 4.79 Å². The Bertz CT molecular complexity index is 1010. The van der Waals surface area contributed by atoms with E-state index in [1.54, 1.807) is 6.92 Å². The van der Waals surface area contributed by atoms with Crippen LogP contribution in [0.2, 0.25) is 0 Å². The van der Waals surface area contributed by atoms with Crippen LogP contribution in [0, 0.1) is 5.92 Å². The van der Waals surface area contributed by atoms with Crippen LogP contribution in [0.3, 0.4) is 0 Å². The highest BCUT2D eigenvalue weighted by Gasteiger charge is 2.40. The molecular formula is C25H28N2O6. The number of aliphatic carboxylic acids is 1. The highest BCUT2D eigenvalue weighted by molar-refractivity contribution is 5.90. The third-order valence-corrected chi connectivity index (χ3v) is 6.40. The zero-order valence-corrected chi connectivity index (χ0v) is 18.6. The SMILES string of the molecule is COC(C)C(NC(=O)C(NC(=O)OCC1c2ccccc2-c2ccccc21)C1CC1)C(=O)O. The number of carbonyl (C=O) groups is 3. The Morgan fingerprint density at radius 2 is 1.58 bits per heavy atom. The summed E-state index contributed by atoms with van der Waals surface area (Å²) in [7, 11) is 1.38. The number of hydrogen-bond donors (Lipinski definition) is 3. The van der Waals surface area contributed by atoms with Gasteiger partial charge in [0.25, 0.3) is 0 Å². The maximum absolute atomic E-state index is 12.8. The van der Waals surface area contributed by atoms with E-state index in [2.05, 4.69) is 22.8 Å². The molecule has 2 aliphatic rings. The van der Waals surface area contributed by atoms with Gasteiger partial charge in [-0.1, -0.05) is 48.5 Å².